The van der Waals surface area contributed by atoms with Crippen molar-refractivity contribution < 1.29 is 38.5 Å². The molecule has 1 saturated heterocycles. The first-order valence-corrected chi connectivity index (χ1v) is 16.2. The van der Waals surface area contributed by atoms with Crippen LogP contribution in [-0.2, 0) is 43.2 Å². The molecule has 3 aromatic carbocycles. The molecule has 3 amide bonds. The molecule has 1 spiro atoms. The molecule has 3 aliphatic rings. The lowest BCUT2D eigenvalue weighted by Crippen LogP contribution is -2.43. The molecule has 1 aliphatic heterocycles. The Bertz CT molecular complexity index is 1790. The van der Waals surface area contributed by atoms with E-state index in [-0.39, 0.29) is 49.4 Å². The number of ether oxygens (including phenoxy) is 3. The lowest BCUT2D eigenvalue weighted by Gasteiger charge is -2.30. The van der Waals surface area contributed by atoms with Crippen molar-refractivity contribution in [3.8, 4) is 0 Å². The van der Waals surface area contributed by atoms with Gasteiger partial charge in [-0.3, -0.25) is 14.4 Å². The number of rotatable bonds is 10. The van der Waals surface area contributed by atoms with Crippen LogP contribution >= 0.6 is 0 Å². The van der Waals surface area contributed by atoms with Crippen LogP contribution in [0.3, 0.4) is 0 Å². The number of carbonyl (C=O) groups is 4. The first-order chi connectivity index (χ1) is 23.6. The van der Waals surface area contributed by atoms with E-state index in [4.69, 9.17) is 19.3 Å². The molecule has 0 saturated carbocycles. The molecule has 0 aromatic heterocycles. The van der Waals surface area contributed by atoms with Gasteiger partial charge in [0.2, 0.25) is 11.8 Å². The Morgan fingerprint density at radius 2 is 1.67 bits per heavy atom. The van der Waals surface area contributed by atoms with Gasteiger partial charge in [0.1, 0.15) is 18.3 Å². The van der Waals surface area contributed by atoms with E-state index in [9.17, 15) is 19.2 Å². The van der Waals surface area contributed by atoms with Crippen LogP contribution < -0.4 is 10.6 Å². The van der Waals surface area contributed by atoms with E-state index >= 15 is 0 Å². The topological polar surface area (TPSA) is 144 Å². The SMILES string of the molecule is CN(C)C(=O)C=Cc1ccccc1C(=O)OC1CC(C(=O)NCc2cccc(C(=O)NCCO)c2)=CC2OC3(Cc4ccccc4C3)OC21. The fourth-order valence-corrected chi connectivity index (χ4v) is 6.39. The van der Waals surface area contributed by atoms with Crippen molar-refractivity contribution in [2.45, 2.75) is 49.9 Å². The maximum absolute atomic E-state index is 13.7. The Morgan fingerprint density at radius 1 is 0.939 bits per heavy atom. The predicted octanol–water partition coefficient (Wildman–Crippen LogP) is 2.96. The molecule has 2 aliphatic carbocycles. The monoisotopic (exact) mass is 665 g/mol. The second-order valence-electron chi connectivity index (χ2n) is 12.6. The van der Waals surface area contributed by atoms with Gasteiger partial charge in [0.15, 0.2) is 5.79 Å². The van der Waals surface area contributed by atoms with Crippen LogP contribution in [0.2, 0.25) is 0 Å². The number of aliphatic hydroxyl groups excluding tert-OH is 1. The van der Waals surface area contributed by atoms with Gasteiger partial charge < -0.3 is 34.9 Å². The Hall–Kier alpha value is -5.10. The zero-order chi connectivity index (χ0) is 34.5. The van der Waals surface area contributed by atoms with Crippen LogP contribution in [-0.4, -0.2) is 85.0 Å². The van der Waals surface area contributed by atoms with Gasteiger partial charge in [0, 0.05) is 63.7 Å². The van der Waals surface area contributed by atoms with Crippen molar-refractivity contribution in [3.05, 3.63) is 124 Å². The molecule has 6 rings (SSSR count). The summed E-state index contributed by atoms with van der Waals surface area (Å²) in [6.45, 7) is 0.121. The Morgan fingerprint density at radius 3 is 2.41 bits per heavy atom. The summed E-state index contributed by atoms with van der Waals surface area (Å²) >= 11 is 0. The first-order valence-electron chi connectivity index (χ1n) is 16.2. The second-order valence-corrected chi connectivity index (χ2v) is 12.6. The third kappa shape index (κ3) is 7.64. The minimum Gasteiger partial charge on any atom is -0.456 e. The largest absolute Gasteiger partial charge is 0.456 e. The second kappa shape index (κ2) is 14.6. The third-order valence-electron chi connectivity index (χ3n) is 8.83. The number of amides is 3. The maximum Gasteiger partial charge on any atom is 0.339 e. The van der Waals surface area contributed by atoms with E-state index in [1.54, 1.807) is 74.8 Å². The van der Waals surface area contributed by atoms with Crippen molar-refractivity contribution in [1.29, 1.82) is 0 Å². The van der Waals surface area contributed by atoms with Crippen LogP contribution in [0, 0.1) is 0 Å². The lowest BCUT2D eigenvalue weighted by molar-refractivity contribution is -0.172. The highest BCUT2D eigenvalue weighted by Gasteiger charge is 2.55. The minimum absolute atomic E-state index is 0.0891. The normalized spacial score (nSPS) is 20.3. The van der Waals surface area contributed by atoms with Crippen LogP contribution in [0.4, 0.5) is 0 Å². The summed E-state index contributed by atoms with van der Waals surface area (Å²) in [6, 6.07) is 21.7. The summed E-state index contributed by atoms with van der Waals surface area (Å²) in [5.74, 6) is -2.47. The first kappa shape index (κ1) is 33.8. The molecule has 1 heterocycles. The fourth-order valence-electron chi connectivity index (χ4n) is 6.39. The van der Waals surface area contributed by atoms with Gasteiger partial charge in [-0.25, -0.2) is 4.79 Å². The van der Waals surface area contributed by atoms with E-state index in [1.165, 1.54) is 11.0 Å². The number of hydrogen-bond acceptors (Lipinski definition) is 8. The fraction of sp³-hybridized carbons (Fsp3) is 0.316. The van der Waals surface area contributed by atoms with Crippen molar-refractivity contribution in [3.63, 3.8) is 0 Å². The van der Waals surface area contributed by atoms with Gasteiger partial charge in [-0.15, -0.1) is 0 Å². The standard InChI is InChI=1S/C38H39N3O8/c1-41(2)33(43)15-14-25-9-5-6-13-30(25)37(46)47-31-19-29(36(45)40-23-24-8-7-12-26(18-24)35(44)39-16-17-42)20-32-34(31)49-38(48-32)21-27-10-3-4-11-28(27)22-38/h3-15,18,20,31-32,34,42H,16-17,19,21-23H2,1-2H3,(H,39,44)(H,40,45). The van der Waals surface area contributed by atoms with Gasteiger partial charge in [0.25, 0.3) is 5.91 Å². The number of likely N-dealkylation sites (N-methyl/N-ethyl adjacent to an activating group) is 1. The van der Waals surface area contributed by atoms with E-state index in [0.29, 0.717) is 35.1 Å². The summed E-state index contributed by atoms with van der Waals surface area (Å²) in [5.41, 5.74) is 4.54. The molecule has 3 N–H and O–H groups in total. The summed E-state index contributed by atoms with van der Waals surface area (Å²) in [6.07, 6.45) is 3.73. The number of carbonyl (C=O) groups excluding carboxylic acids is 4. The van der Waals surface area contributed by atoms with Gasteiger partial charge in [0.05, 0.1) is 12.2 Å². The highest BCUT2D eigenvalue weighted by atomic mass is 16.8. The molecule has 3 unspecified atom stereocenters. The minimum atomic E-state index is -0.948. The van der Waals surface area contributed by atoms with Gasteiger partial charge >= 0.3 is 5.97 Å². The molecular weight excluding hydrogens is 626 g/mol. The zero-order valence-corrected chi connectivity index (χ0v) is 27.4. The predicted molar refractivity (Wildman–Crippen MR) is 180 cm³/mol. The van der Waals surface area contributed by atoms with Crippen LogP contribution in [0.5, 0.6) is 0 Å². The van der Waals surface area contributed by atoms with Crippen LogP contribution in [0.25, 0.3) is 6.08 Å². The number of nitrogens with zero attached hydrogens (tertiary/aromatic N) is 1. The number of benzene rings is 3. The highest BCUT2D eigenvalue weighted by Crippen LogP contribution is 2.45. The van der Waals surface area contributed by atoms with Crippen LogP contribution in [0.15, 0.2) is 90.5 Å². The van der Waals surface area contributed by atoms with Gasteiger partial charge in [-0.2, -0.15) is 0 Å². The number of fused-ring (bicyclic) bond motifs is 2. The van der Waals surface area contributed by atoms with E-state index in [2.05, 4.69) is 10.6 Å². The molecule has 11 nitrogen and oxygen atoms in total. The smallest absolute Gasteiger partial charge is 0.339 e. The zero-order valence-electron chi connectivity index (χ0n) is 27.4. The Kier molecular flexibility index (Phi) is 10.0. The lowest BCUT2D eigenvalue weighted by atomic mass is 9.91. The van der Waals surface area contributed by atoms with E-state index in [1.807, 2.05) is 24.3 Å². The van der Waals surface area contributed by atoms with Gasteiger partial charge in [-0.05, 0) is 52.6 Å². The summed E-state index contributed by atoms with van der Waals surface area (Å²) in [4.78, 5) is 53.3. The number of aliphatic hydroxyl groups is 1. The van der Waals surface area contributed by atoms with Crippen molar-refractivity contribution in [1.82, 2.24) is 15.5 Å². The molecule has 1 fully saturated rings. The molecule has 0 bridgehead atoms. The molecule has 254 valence electrons. The number of hydrogen-bond donors (Lipinski definition) is 3. The number of nitrogens with one attached hydrogen (secondary N) is 2. The molecule has 49 heavy (non-hydrogen) atoms. The van der Waals surface area contributed by atoms with Crippen LogP contribution in [0.1, 0.15) is 49.4 Å². The highest BCUT2D eigenvalue weighted by molar-refractivity contribution is 5.98. The Labute approximate surface area is 284 Å². The average molecular weight is 666 g/mol. The summed E-state index contributed by atoms with van der Waals surface area (Å²) in [7, 11) is 3.28. The van der Waals surface area contributed by atoms with Gasteiger partial charge in [-0.1, -0.05) is 54.6 Å². The molecular formula is C38H39N3O8. The van der Waals surface area contributed by atoms with Crippen molar-refractivity contribution in [2.75, 3.05) is 27.2 Å². The molecule has 11 heteroatoms. The van der Waals surface area contributed by atoms with Crippen molar-refractivity contribution in [2.24, 2.45) is 0 Å². The molecule has 3 aromatic rings. The maximum atomic E-state index is 13.7. The number of esters is 1. The van der Waals surface area contributed by atoms with Crippen molar-refractivity contribution >= 4 is 29.8 Å². The summed E-state index contributed by atoms with van der Waals surface area (Å²) in [5, 5.41) is 14.6. The van der Waals surface area contributed by atoms with E-state index in [0.717, 1.165) is 11.1 Å². The quantitative estimate of drug-likeness (QED) is 0.222. The summed E-state index contributed by atoms with van der Waals surface area (Å²) < 4.78 is 19.3. The van der Waals surface area contributed by atoms with E-state index < -0.39 is 30.1 Å². The Balaban J connectivity index is 1.21. The molecule has 0 radical (unpaired) electrons. The average Bonchev–Trinajstić information content (AvgIpc) is 3.66. The molecule has 3 atom stereocenters. The third-order valence-corrected chi connectivity index (χ3v) is 8.83.